The van der Waals surface area contributed by atoms with Crippen LogP contribution in [-0.2, 0) is 0 Å². The Morgan fingerprint density at radius 3 is 1.20 bits per heavy atom. The Balaban J connectivity index is 0. The molecule has 0 aromatic carbocycles. The molecule has 0 N–H and O–H groups in total. The minimum absolute atomic E-state index is 1.50. The van der Waals surface area contributed by atoms with Gasteiger partial charge < -0.3 is 0 Å². The van der Waals surface area contributed by atoms with E-state index in [0.717, 1.165) is 0 Å². The highest BCUT2D eigenvalue weighted by atomic mass is 12.9. The summed E-state index contributed by atoms with van der Waals surface area (Å²) in [6, 6.07) is 0. The van der Waals surface area contributed by atoms with Crippen molar-refractivity contribution in [2.24, 2.45) is 0 Å². The van der Waals surface area contributed by atoms with Crippen LogP contribution in [0.2, 0.25) is 20.5 Å². The molecule has 5 heavy (non-hydrogen) atoms. The smallest absolute Gasteiger partial charge is 0.0999 e. The lowest BCUT2D eigenvalue weighted by atomic mass is 9.88. The summed E-state index contributed by atoms with van der Waals surface area (Å²) < 4.78 is 0. The fourth-order valence-electron chi connectivity index (χ4n) is 0. The van der Waals surface area contributed by atoms with Gasteiger partial charge in [-0.2, -0.15) is 0 Å². The molecule has 0 aromatic rings. The average molecular weight is 66.7 g/mol. The Hall–Kier alpha value is 0.130. The van der Waals surface area contributed by atoms with Crippen molar-refractivity contribution in [3.63, 3.8) is 0 Å². The molecule has 27 valence electrons. The molecule has 0 aliphatic rings. The van der Waals surface area contributed by atoms with Crippen molar-refractivity contribution in [3.05, 3.63) is 0 Å². The Bertz CT molecular complexity index is 4.85. The van der Waals surface area contributed by atoms with Crippen molar-refractivity contribution in [1.82, 2.24) is 0 Å². The lowest BCUT2D eigenvalue weighted by Gasteiger charge is -1.41. The van der Waals surface area contributed by atoms with Crippen molar-refractivity contribution in [3.8, 4) is 0 Å². The molecule has 2 heteroatoms. The zero-order valence-electron chi connectivity index (χ0n) is 4.15. The van der Waals surface area contributed by atoms with Crippen molar-refractivity contribution in [2.75, 3.05) is 0 Å². The largest absolute Gasteiger partial charge is 0.102 e. The van der Waals surface area contributed by atoms with Gasteiger partial charge in [0.25, 0.3) is 0 Å². The van der Waals surface area contributed by atoms with E-state index in [2.05, 4.69) is 7.85 Å². The summed E-state index contributed by atoms with van der Waals surface area (Å²) in [5.74, 6) is 0. The molecule has 0 rings (SSSR count). The van der Waals surface area contributed by atoms with Gasteiger partial charge in [-0.1, -0.05) is 20.5 Å². The fraction of sp³-hybridized carbons (Fsp3) is 1.00. The van der Waals surface area contributed by atoms with Gasteiger partial charge in [-0.3, -0.25) is 0 Å². The van der Waals surface area contributed by atoms with E-state index in [9.17, 15) is 0 Å². The van der Waals surface area contributed by atoms with Gasteiger partial charge >= 0.3 is 0 Å². The SMILES string of the molecule is C[B]C.[B]C. The maximum atomic E-state index is 4.50. The third kappa shape index (κ3) is 1110. The number of hydrogen-bond donors (Lipinski definition) is 0. The van der Waals surface area contributed by atoms with E-state index in [4.69, 9.17) is 0 Å². The molecule has 0 heterocycles. The van der Waals surface area contributed by atoms with Crippen molar-refractivity contribution >= 4 is 15.1 Å². The molecule has 0 unspecified atom stereocenters. The van der Waals surface area contributed by atoms with Crippen LogP contribution in [0, 0.1) is 0 Å². The minimum Gasteiger partial charge on any atom is -0.0999 e. The minimum atomic E-state index is 1.50. The van der Waals surface area contributed by atoms with Crippen LogP contribution >= 0.6 is 0 Å². The summed E-state index contributed by atoms with van der Waals surface area (Å²) in [6.45, 7) is 5.50. The second-order valence-corrected chi connectivity index (χ2v) is 0.577. The van der Waals surface area contributed by atoms with Gasteiger partial charge in [-0.05, 0) is 0 Å². The summed E-state index contributed by atoms with van der Waals surface area (Å²) in [5, 5.41) is 0. The Morgan fingerprint density at radius 1 is 1.20 bits per heavy atom. The molecular formula is C3H9B2. The lowest BCUT2D eigenvalue weighted by molar-refractivity contribution is 2.14. The normalized spacial score (nSPS) is 3.80. The van der Waals surface area contributed by atoms with Crippen LogP contribution in [0.15, 0.2) is 0 Å². The predicted octanol–water partition coefficient (Wildman–Crippen LogP) is 0.990. The van der Waals surface area contributed by atoms with Gasteiger partial charge in [-0.15, -0.1) is 0 Å². The molecule has 0 aliphatic carbocycles. The average Bonchev–Trinajstić information content (AvgIpc) is 1.46. The second-order valence-electron chi connectivity index (χ2n) is 0.577. The summed E-state index contributed by atoms with van der Waals surface area (Å²) >= 11 is 0. The van der Waals surface area contributed by atoms with Gasteiger partial charge in [0.05, 0.1) is 7.85 Å². The topological polar surface area (TPSA) is 0 Å². The van der Waals surface area contributed by atoms with Crippen molar-refractivity contribution in [1.29, 1.82) is 0 Å². The second kappa shape index (κ2) is 31.7. The highest BCUT2D eigenvalue weighted by molar-refractivity contribution is 6.31. The quantitative estimate of drug-likeness (QED) is 0.370. The standard InChI is InChI=1S/C2H6B.CH3B/c1-3-2;1-2/h1-2H3;1H3. The zero-order valence-corrected chi connectivity index (χ0v) is 4.15. The third-order valence-corrected chi connectivity index (χ3v) is 0. The molecule has 0 aliphatic heterocycles. The summed E-state index contributed by atoms with van der Waals surface area (Å²) in [4.78, 5) is 0. The van der Waals surface area contributed by atoms with Crippen LogP contribution in [0.4, 0.5) is 0 Å². The Kier molecular flexibility index (Phi) is 56.6. The summed E-state index contributed by atoms with van der Waals surface area (Å²) in [6.07, 6.45) is 0. The first-order valence-corrected chi connectivity index (χ1v) is 1.73. The molecule has 0 saturated carbocycles. The van der Waals surface area contributed by atoms with Crippen molar-refractivity contribution in [2.45, 2.75) is 20.5 Å². The predicted molar refractivity (Wildman–Crippen MR) is 29.1 cm³/mol. The third-order valence-electron chi connectivity index (χ3n) is 0. The molecule has 0 fully saturated rings. The lowest BCUT2D eigenvalue weighted by Crippen LogP contribution is -1.53. The van der Waals surface area contributed by atoms with E-state index < -0.39 is 0 Å². The van der Waals surface area contributed by atoms with Crippen LogP contribution < -0.4 is 0 Å². The maximum absolute atomic E-state index is 4.50. The van der Waals surface area contributed by atoms with Gasteiger partial charge in [0.2, 0.25) is 0 Å². The number of hydrogen-bond acceptors (Lipinski definition) is 0. The number of rotatable bonds is 0. The monoisotopic (exact) mass is 67.1 g/mol. The van der Waals surface area contributed by atoms with E-state index in [1.54, 1.807) is 0 Å². The van der Waals surface area contributed by atoms with E-state index in [0.29, 0.717) is 0 Å². The van der Waals surface area contributed by atoms with Crippen LogP contribution in [0.25, 0.3) is 0 Å². The highest BCUT2D eigenvalue weighted by Crippen LogP contribution is 1.36. The molecule has 0 atom stereocenters. The van der Waals surface area contributed by atoms with Gasteiger partial charge in [0.1, 0.15) is 7.28 Å². The van der Waals surface area contributed by atoms with Crippen molar-refractivity contribution < 1.29 is 0 Å². The van der Waals surface area contributed by atoms with Gasteiger partial charge in [-0.25, -0.2) is 0 Å². The highest BCUT2D eigenvalue weighted by Gasteiger charge is 1.42. The van der Waals surface area contributed by atoms with E-state index >= 15 is 0 Å². The Morgan fingerprint density at radius 2 is 1.20 bits per heavy atom. The molecule has 0 spiro atoms. The molecule has 0 amide bonds. The maximum Gasteiger partial charge on any atom is 0.102 e. The van der Waals surface area contributed by atoms with E-state index in [1.165, 1.54) is 6.82 Å². The van der Waals surface area contributed by atoms with E-state index in [1.807, 2.05) is 20.9 Å². The molecule has 0 aromatic heterocycles. The van der Waals surface area contributed by atoms with Crippen LogP contribution in [0.1, 0.15) is 0 Å². The first-order valence-electron chi connectivity index (χ1n) is 1.73. The molecule has 3 radical (unpaired) electrons. The van der Waals surface area contributed by atoms with E-state index in [-0.39, 0.29) is 0 Å². The van der Waals surface area contributed by atoms with Crippen LogP contribution in [0.5, 0.6) is 0 Å². The molecular weight excluding hydrogens is 57.7 g/mol. The van der Waals surface area contributed by atoms with Gasteiger partial charge in [0, 0.05) is 0 Å². The Labute approximate surface area is 36.6 Å². The van der Waals surface area contributed by atoms with Crippen LogP contribution in [-0.4, -0.2) is 15.1 Å². The first kappa shape index (κ1) is 8.93. The molecule has 0 saturated heterocycles. The van der Waals surface area contributed by atoms with Gasteiger partial charge in [0.15, 0.2) is 0 Å². The fourth-order valence-corrected chi connectivity index (χ4v) is 0. The molecule has 0 nitrogen and oxygen atoms in total. The van der Waals surface area contributed by atoms with Crippen LogP contribution in [0.3, 0.4) is 0 Å². The summed E-state index contributed by atoms with van der Waals surface area (Å²) in [7, 11) is 6.50. The first-order chi connectivity index (χ1) is 2.41. The molecule has 0 bridgehead atoms. The summed E-state index contributed by atoms with van der Waals surface area (Å²) in [5.41, 5.74) is 0. The zero-order chi connectivity index (χ0) is 4.71.